The number of rotatable bonds is 2. The first-order valence-corrected chi connectivity index (χ1v) is 9.25. The van der Waals surface area contributed by atoms with Gasteiger partial charge in [0, 0.05) is 17.9 Å². The summed E-state index contributed by atoms with van der Waals surface area (Å²) >= 11 is 1.49. The average Bonchev–Trinajstić information content (AvgIpc) is 2.95. The molecule has 1 saturated heterocycles. The second-order valence-electron chi connectivity index (χ2n) is 7.58. The molecule has 3 unspecified atom stereocenters. The molecule has 3 N–H and O–H groups in total. The van der Waals surface area contributed by atoms with Gasteiger partial charge in [-0.2, -0.15) is 0 Å². The van der Waals surface area contributed by atoms with Gasteiger partial charge in [-0.3, -0.25) is 4.79 Å². The zero-order valence-corrected chi connectivity index (χ0v) is 16.3. The third-order valence-corrected chi connectivity index (χ3v) is 6.76. The second kappa shape index (κ2) is 6.20. The maximum Gasteiger partial charge on any atom is 0.247 e. The third kappa shape index (κ3) is 2.58. The standard InChI is InChI=1S/C18H23N3O2S.ClH/c1-10-6-7-12-13(9-10)24-16(20-12)21-15(22)18(19)11-5-4-8-23-14(11)17(18,2)3;/h6-7,9,11,14H,4-5,8,19H2,1-3H3,(H,20,21,22);1H. The first kappa shape index (κ1) is 18.6. The summed E-state index contributed by atoms with van der Waals surface area (Å²) in [5.41, 5.74) is 7.42. The lowest BCUT2D eigenvalue weighted by Gasteiger charge is -2.64. The summed E-state index contributed by atoms with van der Waals surface area (Å²) in [6.45, 7) is 6.87. The summed E-state index contributed by atoms with van der Waals surface area (Å²) in [6, 6.07) is 6.09. The van der Waals surface area contributed by atoms with Crippen molar-refractivity contribution >= 4 is 45.0 Å². The van der Waals surface area contributed by atoms with Crippen LogP contribution >= 0.6 is 23.7 Å². The van der Waals surface area contributed by atoms with Crippen LogP contribution in [-0.2, 0) is 9.53 Å². The molecule has 2 aromatic rings. The van der Waals surface area contributed by atoms with Crippen molar-refractivity contribution in [3.63, 3.8) is 0 Å². The van der Waals surface area contributed by atoms with Crippen molar-refractivity contribution in [2.24, 2.45) is 17.1 Å². The number of thiazole rings is 1. The van der Waals surface area contributed by atoms with Gasteiger partial charge in [0.05, 0.1) is 16.3 Å². The Morgan fingerprint density at radius 3 is 2.96 bits per heavy atom. The van der Waals surface area contributed by atoms with Gasteiger partial charge in [0.15, 0.2) is 5.13 Å². The van der Waals surface area contributed by atoms with Gasteiger partial charge < -0.3 is 15.8 Å². The van der Waals surface area contributed by atoms with Gasteiger partial charge in [-0.15, -0.1) is 12.4 Å². The van der Waals surface area contributed by atoms with Crippen LogP contribution in [0.3, 0.4) is 0 Å². The molecular weight excluding hydrogens is 358 g/mol. The number of hydrogen-bond acceptors (Lipinski definition) is 5. The van der Waals surface area contributed by atoms with Crippen LogP contribution in [-0.4, -0.2) is 29.1 Å². The predicted octanol–water partition coefficient (Wildman–Crippen LogP) is 3.50. The minimum atomic E-state index is -0.911. The highest BCUT2D eigenvalue weighted by Crippen LogP contribution is 2.57. The molecule has 136 valence electrons. The predicted molar refractivity (Wildman–Crippen MR) is 103 cm³/mol. The molecular formula is C18H24ClN3O2S. The molecule has 25 heavy (non-hydrogen) atoms. The lowest BCUT2D eigenvalue weighted by atomic mass is 9.46. The molecule has 0 radical (unpaired) electrons. The van der Waals surface area contributed by atoms with E-state index in [1.165, 1.54) is 16.9 Å². The van der Waals surface area contributed by atoms with E-state index in [1.807, 2.05) is 32.9 Å². The molecule has 2 aliphatic rings. The van der Waals surface area contributed by atoms with E-state index in [9.17, 15) is 4.79 Å². The quantitative estimate of drug-likeness (QED) is 0.834. The normalized spacial score (nSPS) is 30.1. The molecule has 5 nitrogen and oxygen atoms in total. The van der Waals surface area contributed by atoms with Crippen molar-refractivity contribution < 1.29 is 9.53 Å². The number of amides is 1. The van der Waals surface area contributed by atoms with Crippen LogP contribution in [0.1, 0.15) is 32.3 Å². The van der Waals surface area contributed by atoms with Gasteiger partial charge >= 0.3 is 0 Å². The van der Waals surface area contributed by atoms with Crippen LogP contribution in [0.2, 0.25) is 0 Å². The first-order chi connectivity index (χ1) is 11.3. The molecule has 1 aromatic heterocycles. The highest BCUT2D eigenvalue weighted by atomic mass is 35.5. The summed E-state index contributed by atoms with van der Waals surface area (Å²) in [6.07, 6.45) is 1.97. The average molecular weight is 382 g/mol. The van der Waals surface area contributed by atoms with Gasteiger partial charge in [-0.25, -0.2) is 4.98 Å². The van der Waals surface area contributed by atoms with E-state index in [0.29, 0.717) is 5.13 Å². The van der Waals surface area contributed by atoms with Gasteiger partial charge in [-0.1, -0.05) is 31.3 Å². The summed E-state index contributed by atoms with van der Waals surface area (Å²) in [5, 5.41) is 3.58. The number of benzene rings is 1. The van der Waals surface area contributed by atoms with E-state index in [0.717, 1.165) is 29.7 Å². The number of ether oxygens (including phenoxy) is 1. The molecule has 4 rings (SSSR count). The Morgan fingerprint density at radius 1 is 1.44 bits per heavy atom. The molecule has 1 saturated carbocycles. The van der Waals surface area contributed by atoms with E-state index in [-0.39, 0.29) is 35.8 Å². The van der Waals surface area contributed by atoms with Crippen molar-refractivity contribution in [3.05, 3.63) is 23.8 Å². The minimum Gasteiger partial charge on any atom is -0.377 e. The molecule has 1 aliphatic heterocycles. The van der Waals surface area contributed by atoms with Gasteiger partial charge in [-0.05, 0) is 37.5 Å². The summed E-state index contributed by atoms with van der Waals surface area (Å²) in [5.74, 6) is -0.0621. The number of anilines is 1. The molecule has 1 amide bonds. The van der Waals surface area contributed by atoms with Crippen LogP contribution in [0.15, 0.2) is 18.2 Å². The lowest BCUT2D eigenvalue weighted by molar-refractivity contribution is -0.222. The number of carbonyl (C=O) groups is 1. The third-order valence-electron chi connectivity index (χ3n) is 5.82. The van der Waals surface area contributed by atoms with E-state index in [4.69, 9.17) is 10.5 Å². The van der Waals surface area contributed by atoms with Crippen LogP contribution < -0.4 is 11.1 Å². The Balaban J connectivity index is 0.00000182. The number of fused-ring (bicyclic) bond motifs is 2. The van der Waals surface area contributed by atoms with Crippen LogP contribution in [0, 0.1) is 18.3 Å². The molecule has 3 atom stereocenters. The number of halogens is 1. The second-order valence-corrected chi connectivity index (χ2v) is 8.61. The molecule has 0 bridgehead atoms. The SMILES string of the molecule is Cc1ccc2nc(NC(=O)C3(N)C4CCCOC4C3(C)C)sc2c1.Cl. The highest BCUT2D eigenvalue weighted by Gasteiger charge is 2.70. The molecule has 2 fully saturated rings. The Kier molecular flexibility index (Phi) is 4.60. The van der Waals surface area contributed by atoms with Crippen molar-refractivity contribution in [1.82, 2.24) is 4.98 Å². The van der Waals surface area contributed by atoms with Crippen molar-refractivity contribution in [3.8, 4) is 0 Å². The first-order valence-electron chi connectivity index (χ1n) is 8.43. The number of nitrogens with one attached hydrogen (secondary N) is 1. The maximum absolute atomic E-state index is 13.0. The zero-order chi connectivity index (χ0) is 17.1. The number of carbonyl (C=O) groups excluding carboxylic acids is 1. The van der Waals surface area contributed by atoms with E-state index in [1.54, 1.807) is 0 Å². The van der Waals surface area contributed by atoms with Gasteiger partial charge in [0.2, 0.25) is 5.91 Å². The summed E-state index contributed by atoms with van der Waals surface area (Å²) < 4.78 is 6.95. The monoisotopic (exact) mass is 381 g/mol. The number of nitrogens with two attached hydrogens (primary N) is 1. The topological polar surface area (TPSA) is 77.2 Å². The highest BCUT2D eigenvalue weighted by molar-refractivity contribution is 7.22. The summed E-state index contributed by atoms with van der Waals surface area (Å²) in [7, 11) is 0. The molecule has 1 aliphatic carbocycles. The molecule has 7 heteroatoms. The molecule has 2 heterocycles. The van der Waals surface area contributed by atoms with Crippen molar-refractivity contribution in [2.45, 2.75) is 45.3 Å². The van der Waals surface area contributed by atoms with E-state index >= 15 is 0 Å². The fourth-order valence-electron chi connectivity index (χ4n) is 4.32. The Labute approximate surface area is 157 Å². The van der Waals surface area contributed by atoms with E-state index in [2.05, 4.69) is 16.4 Å². The zero-order valence-electron chi connectivity index (χ0n) is 14.7. The van der Waals surface area contributed by atoms with E-state index < -0.39 is 5.54 Å². The lowest BCUT2D eigenvalue weighted by Crippen LogP contribution is -2.81. The van der Waals surface area contributed by atoms with Crippen molar-refractivity contribution in [1.29, 1.82) is 0 Å². The summed E-state index contributed by atoms with van der Waals surface area (Å²) in [4.78, 5) is 17.5. The van der Waals surface area contributed by atoms with Crippen LogP contribution in [0.25, 0.3) is 10.2 Å². The maximum atomic E-state index is 13.0. The van der Waals surface area contributed by atoms with Crippen LogP contribution in [0.5, 0.6) is 0 Å². The Bertz CT molecular complexity index is 822. The van der Waals surface area contributed by atoms with Crippen LogP contribution in [0.4, 0.5) is 5.13 Å². The smallest absolute Gasteiger partial charge is 0.247 e. The molecule has 0 spiro atoms. The number of aryl methyl sites for hydroxylation is 1. The Morgan fingerprint density at radius 2 is 2.20 bits per heavy atom. The van der Waals surface area contributed by atoms with Gasteiger partial charge in [0.25, 0.3) is 0 Å². The number of hydrogen-bond donors (Lipinski definition) is 2. The fourth-order valence-corrected chi connectivity index (χ4v) is 5.28. The molecule has 1 aromatic carbocycles. The number of aromatic nitrogens is 1. The largest absolute Gasteiger partial charge is 0.377 e. The minimum absolute atomic E-state index is 0. The fraction of sp³-hybridized carbons (Fsp3) is 0.556. The number of nitrogens with zero attached hydrogens (tertiary/aromatic N) is 1. The van der Waals surface area contributed by atoms with Gasteiger partial charge in [0.1, 0.15) is 5.54 Å². The Hall–Kier alpha value is -1.21. The van der Waals surface area contributed by atoms with Crippen molar-refractivity contribution in [2.75, 3.05) is 11.9 Å².